The van der Waals surface area contributed by atoms with E-state index in [1.807, 2.05) is 6.42 Å². The van der Waals surface area contributed by atoms with Crippen LogP contribution < -0.4 is 0 Å². The van der Waals surface area contributed by atoms with Crippen molar-refractivity contribution >= 4 is 0 Å². The van der Waals surface area contributed by atoms with E-state index in [-0.39, 0.29) is 6.61 Å². The zero-order valence-corrected chi connectivity index (χ0v) is 7.08. The van der Waals surface area contributed by atoms with Gasteiger partial charge in [-0.25, -0.2) is 0 Å². The summed E-state index contributed by atoms with van der Waals surface area (Å²) >= 11 is 0. The van der Waals surface area contributed by atoms with Gasteiger partial charge < -0.3 is 14.6 Å². The van der Waals surface area contributed by atoms with Crippen LogP contribution in [0.25, 0.3) is 0 Å². The summed E-state index contributed by atoms with van der Waals surface area (Å²) in [6.07, 6.45) is 3.73. The van der Waals surface area contributed by atoms with Crippen molar-refractivity contribution in [2.45, 2.75) is 12.8 Å². The quantitative estimate of drug-likeness (QED) is 0.530. The number of rotatable bonds is 8. The summed E-state index contributed by atoms with van der Waals surface area (Å²) < 4.78 is 9.99. The molecule has 3 heteroatoms. The van der Waals surface area contributed by atoms with Crippen LogP contribution in [0.5, 0.6) is 0 Å². The van der Waals surface area contributed by atoms with Crippen molar-refractivity contribution in [1.82, 2.24) is 0 Å². The van der Waals surface area contributed by atoms with E-state index in [4.69, 9.17) is 14.6 Å². The molecule has 1 N–H and O–H groups in total. The van der Waals surface area contributed by atoms with Gasteiger partial charge >= 0.3 is 0 Å². The number of aliphatic hydroxyl groups is 1. The summed E-state index contributed by atoms with van der Waals surface area (Å²) in [5.74, 6) is 0. The molecule has 1 radical (unpaired) electrons. The summed E-state index contributed by atoms with van der Waals surface area (Å²) in [6, 6.07) is 0. The van der Waals surface area contributed by atoms with E-state index in [1.54, 1.807) is 7.11 Å². The minimum absolute atomic E-state index is 0.165. The minimum Gasteiger partial charge on any atom is -0.396 e. The molecule has 0 aliphatic rings. The Bertz CT molecular complexity index is 58.4. The van der Waals surface area contributed by atoms with E-state index in [2.05, 4.69) is 0 Å². The Labute approximate surface area is 68.3 Å². The van der Waals surface area contributed by atoms with Crippen molar-refractivity contribution < 1.29 is 14.6 Å². The van der Waals surface area contributed by atoms with Crippen LogP contribution in [0.4, 0.5) is 0 Å². The van der Waals surface area contributed by atoms with Crippen LogP contribution in [0, 0.1) is 6.42 Å². The topological polar surface area (TPSA) is 38.7 Å². The molecule has 0 atom stereocenters. The molecule has 0 amide bonds. The van der Waals surface area contributed by atoms with Crippen LogP contribution in [-0.4, -0.2) is 38.6 Å². The molecule has 0 rings (SSSR count). The van der Waals surface area contributed by atoms with E-state index in [1.165, 1.54) is 0 Å². The molecule has 0 aromatic heterocycles. The third-order valence-corrected chi connectivity index (χ3v) is 1.26. The van der Waals surface area contributed by atoms with Crippen molar-refractivity contribution in [1.29, 1.82) is 0 Å². The van der Waals surface area contributed by atoms with Gasteiger partial charge in [0.05, 0.1) is 13.2 Å². The molecule has 67 valence electrons. The van der Waals surface area contributed by atoms with Gasteiger partial charge in [0, 0.05) is 20.3 Å². The summed E-state index contributed by atoms with van der Waals surface area (Å²) in [7, 11) is 1.66. The van der Waals surface area contributed by atoms with Gasteiger partial charge in [0.15, 0.2) is 0 Å². The lowest BCUT2D eigenvalue weighted by Crippen LogP contribution is -2.03. The van der Waals surface area contributed by atoms with Crippen molar-refractivity contribution in [2.24, 2.45) is 0 Å². The van der Waals surface area contributed by atoms with Gasteiger partial charge in [0.1, 0.15) is 0 Å². The van der Waals surface area contributed by atoms with Crippen LogP contribution in [-0.2, 0) is 9.47 Å². The van der Waals surface area contributed by atoms with Gasteiger partial charge in [-0.3, -0.25) is 0 Å². The van der Waals surface area contributed by atoms with Crippen LogP contribution in [0.3, 0.4) is 0 Å². The molecule has 0 spiro atoms. The fourth-order valence-electron chi connectivity index (χ4n) is 0.665. The first kappa shape index (κ1) is 10.9. The van der Waals surface area contributed by atoms with E-state index >= 15 is 0 Å². The Balaban J connectivity index is 2.69. The SMILES string of the molecule is COCCOCCC[CH]CO. The molecule has 0 bridgehead atoms. The Morgan fingerprint density at radius 3 is 2.73 bits per heavy atom. The summed E-state index contributed by atoms with van der Waals surface area (Å²) in [6.45, 7) is 2.23. The molecule has 0 fully saturated rings. The third kappa shape index (κ3) is 9.88. The summed E-state index contributed by atoms with van der Waals surface area (Å²) in [4.78, 5) is 0. The maximum absolute atomic E-state index is 8.39. The summed E-state index contributed by atoms with van der Waals surface area (Å²) in [5.41, 5.74) is 0. The number of aliphatic hydroxyl groups excluding tert-OH is 1. The van der Waals surface area contributed by atoms with Crippen molar-refractivity contribution in [3.63, 3.8) is 0 Å². The molecule has 3 nitrogen and oxygen atoms in total. The Morgan fingerprint density at radius 2 is 2.09 bits per heavy atom. The Morgan fingerprint density at radius 1 is 1.27 bits per heavy atom. The van der Waals surface area contributed by atoms with E-state index < -0.39 is 0 Å². The molecular formula is C8H17O3. The lowest BCUT2D eigenvalue weighted by Gasteiger charge is -2.01. The number of hydrogen-bond acceptors (Lipinski definition) is 3. The van der Waals surface area contributed by atoms with E-state index in [9.17, 15) is 0 Å². The van der Waals surface area contributed by atoms with Gasteiger partial charge in [-0.05, 0) is 19.3 Å². The highest BCUT2D eigenvalue weighted by Gasteiger charge is 1.88. The van der Waals surface area contributed by atoms with Crippen LogP contribution in [0.1, 0.15) is 12.8 Å². The predicted octanol–water partition coefficient (Wildman–Crippen LogP) is 0.626. The largest absolute Gasteiger partial charge is 0.396 e. The molecule has 0 aliphatic carbocycles. The summed E-state index contributed by atoms with van der Waals surface area (Å²) in [5, 5.41) is 8.39. The fraction of sp³-hybridized carbons (Fsp3) is 0.875. The second-order valence-electron chi connectivity index (χ2n) is 2.22. The molecule has 0 heterocycles. The van der Waals surface area contributed by atoms with Gasteiger partial charge in [-0.1, -0.05) is 0 Å². The normalized spacial score (nSPS) is 10.4. The second kappa shape index (κ2) is 9.88. The zero-order chi connectivity index (χ0) is 8.36. The molecular weight excluding hydrogens is 144 g/mol. The maximum Gasteiger partial charge on any atom is 0.0700 e. The molecule has 0 aromatic carbocycles. The lowest BCUT2D eigenvalue weighted by molar-refractivity contribution is 0.0692. The van der Waals surface area contributed by atoms with Crippen molar-refractivity contribution in [3.05, 3.63) is 6.42 Å². The van der Waals surface area contributed by atoms with Crippen molar-refractivity contribution in [2.75, 3.05) is 33.5 Å². The van der Waals surface area contributed by atoms with Gasteiger partial charge in [0.25, 0.3) is 0 Å². The standard InChI is InChI=1S/C8H17O3/c1-10-7-8-11-6-4-2-3-5-9/h3,9H,2,4-8H2,1H3. The van der Waals surface area contributed by atoms with Crippen LogP contribution in [0.15, 0.2) is 0 Å². The zero-order valence-electron chi connectivity index (χ0n) is 7.08. The van der Waals surface area contributed by atoms with E-state index in [0.717, 1.165) is 19.4 Å². The first-order chi connectivity index (χ1) is 5.41. The van der Waals surface area contributed by atoms with Gasteiger partial charge in [-0.2, -0.15) is 0 Å². The number of unbranched alkanes of at least 4 members (excludes halogenated alkanes) is 2. The first-order valence-electron chi connectivity index (χ1n) is 3.91. The monoisotopic (exact) mass is 161 g/mol. The molecule has 0 aromatic rings. The molecule has 11 heavy (non-hydrogen) atoms. The van der Waals surface area contributed by atoms with Gasteiger partial charge in [0.2, 0.25) is 0 Å². The highest BCUT2D eigenvalue weighted by molar-refractivity contribution is 4.60. The predicted molar refractivity (Wildman–Crippen MR) is 43.3 cm³/mol. The molecule has 0 saturated carbocycles. The second-order valence-corrected chi connectivity index (χ2v) is 2.22. The molecule has 0 aliphatic heterocycles. The third-order valence-electron chi connectivity index (χ3n) is 1.26. The minimum atomic E-state index is 0.165. The van der Waals surface area contributed by atoms with E-state index in [0.29, 0.717) is 13.2 Å². The average molecular weight is 161 g/mol. The number of hydrogen-bond donors (Lipinski definition) is 1. The average Bonchev–Trinajstić information content (AvgIpc) is 2.03. The highest BCUT2D eigenvalue weighted by atomic mass is 16.5. The Hall–Kier alpha value is -0.120. The Kier molecular flexibility index (Phi) is 9.77. The van der Waals surface area contributed by atoms with Crippen molar-refractivity contribution in [3.8, 4) is 0 Å². The molecule has 0 saturated heterocycles. The van der Waals surface area contributed by atoms with Gasteiger partial charge in [-0.15, -0.1) is 0 Å². The lowest BCUT2D eigenvalue weighted by atomic mass is 10.2. The van der Waals surface area contributed by atoms with Crippen LogP contribution in [0.2, 0.25) is 0 Å². The fourth-order valence-corrected chi connectivity index (χ4v) is 0.665. The first-order valence-corrected chi connectivity index (χ1v) is 3.91. The number of ether oxygens (including phenoxy) is 2. The number of methoxy groups -OCH3 is 1. The highest BCUT2D eigenvalue weighted by Crippen LogP contribution is 1.92. The molecule has 0 unspecified atom stereocenters. The van der Waals surface area contributed by atoms with Crippen LogP contribution >= 0.6 is 0 Å². The maximum atomic E-state index is 8.39. The smallest absolute Gasteiger partial charge is 0.0700 e.